The molecule has 0 N–H and O–H groups in total. The van der Waals surface area contributed by atoms with E-state index in [4.69, 9.17) is 9.47 Å². The van der Waals surface area contributed by atoms with Crippen molar-refractivity contribution in [3.63, 3.8) is 0 Å². The lowest BCUT2D eigenvalue weighted by Gasteiger charge is -2.23. The second-order valence-corrected chi connectivity index (χ2v) is 5.93. The first-order chi connectivity index (χ1) is 11.2. The largest absolute Gasteiger partial charge is 0.465 e. The highest BCUT2D eigenvalue weighted by atomic mass is 16.7. The fourth-order valence-corrected chi connectivity index (χ4v) is 2.80. The summed E-state index contributed by atoms with van der Waals surface area (Å²) in [6.45, 7) is 2.70. The molecule has 3 nitrogen and oxygen atoms in total. The van der Waals surface area contributed by atoms with Gasteiger partial charge in [0, 0.05) is 17.9 Å². The van der Waals surface area contributed by atoms with Crippen molar-refractivity contribution in [2.45, 2.75) is 38.4 Å². The van der Waals surface area contributed by atoms with Gasteiger partial charge in [-0.3, -0.25) is 4.79 Å². The van der Waals surface area contributed by atoms with Gasteiger partial charge in [-0.1, -0.05) is 37.3 Å². The standard InChI is InChI=1S/C20H22O3/c1-15(16-7-3-2-4-8-16)20(21)17-10-12-18(13-11-17)23-19-9-5-6-14-22-19/h2-4,7-8,10-13,15,19H,5-6,9,14H2,1H3. The zero-order valence-corrected chi connectivity index (χ0v) is 13.4. The van der Waals surface area contributed by atoms with Crippen LogP contribution >= 0.6 is 0 Å². The summed E-state index contributed by atoms with van der Waals surface area (Å²) in [5.41, 5.74) is 1.74. The number of benzene rings is 2. The second kappa shape index (κ2) is 7.42. The molecule has 0 spiro atoms. The van der Waals surface area contributed by atoms with Crippen LogP contribution in [-0.2, 0) is 4.74 Å². The van der Waals surface area contributed by atoms with Crippen molar-refractivity contribution in [3.05, 3.63) is 65.7 Å². The summed E-state index contributed by atoms with van der Waals surface area (Å²) in [6.07, 6.45) is 3.00. The lowest BCUT2D eigenvalue weighted by atomic mass is 9.92. The SMILES string of the molecule is CC(C(=O)c1ccc(OC2CCCCO2)cc1)c1ccccc1. The van der Waals surface area contributed by atoms with Gasteiger partial charge < -0.3 is 9.47 Å². The van der Waals surface area contributed by atoms with E-state index in [1.54, 1.807) is 0 Å². The zero-order chi connectivity index (χ0) is 16.1. The molecule has 1 aliphatic heterocycles. The van der Waals surface area contributed by atoms with Crippen LogP contribution in [0.4, 0.5) is 0 Å². The molecule has 1 heterocycles. The van der Waals surface area contributed by atoms with Crippen LogP contribution in [0.3, 0.4) is 0 Å². The molecule has 1 fully saturated rings. The third-order valence-corrected chi connectivity index (χ3v) is 4.24. The molecule has 2 aromatic carbocycles. The van der Waals surface area contributed by atoms with Gasteiger partial charge in [-0.2, -0.15) is 0 Å². The van der Waals surface area contributed by atoms with Crippen molar-refractivity contribution in [2.75, 3.05) is 6.61 Å². The summed E-state index contributed by atoms with van der Waals surface area (Å²) < 4.78 is 11.4. The predicted molar refractivity (Wildman–Crippen MR) is 89.8 cm³/mol. The Balaban J connectivity index is 1.65. The highest BCUT2D eigenvalue weighted by Crippen LogP contribution is 2.23. The smallest absolute Gasteiger partial charge is 0.199 e. The van der Waals surface area contributed by atoms with Gasteiger partial charge in [-0.15, -0.1) is 0 Å². The minimum absolute atomic E-state index is 0.122. The molecule has 2 aromatic rings. The van der Waals surface area contributed by atoms with E-state index in [9.17, 15) is 4.79 Å². The average molecular weight is 310 g/mol. The number of rotatable bonds is 5. The molecule has 0 amide bonds. The van der Waals surface area contributed by atoms with Crippen molar-refractivity contribution in [1.82, 2.24) is 0 Å². The Bertz CT molecular complexity index is 628. The van der Waals surface area contributed by atoms with Crippen LogP contribution in [0.5, 0.6) is 5.75 Å². The molecule has 0 aromatic heterocycles. The summed E-state index contributed by atoms with van der Waals surface area (Å²) >= 11 is 0. The van der Waals surface area contributed by atoms with Crippen molar-refractivity contribution in [2.24, 2.45) is 0 Å². The second-order valence-electron chi connectivity index (χ2n) is 5.93. The Kier molecular flexibility index (Phi) is 5.09. The van der Waals surface area contributed by atoms with Gasteiger partial charge in [0.25, 0.3) is 0 Å². The molecule has 120 valence electrons. The van der Waals surface area contributed by atoms with Crippen LogP contribution < -0.4 is 4.74 Å². The molecule has 0 radical (unpaired) electrons. The van der Waals surface area contributed by atoms with E-state index < -0.39 is 0 Å². The lowest BCUT2D eigenvalue weighted by molar-refractivity contribution is -0.105. The molecule has 1 aliphatic rings. The van der Waals surface area contributed by atoms with E-state index in [0.29, 0.717) is 5.56 Å². The first kappa shape index (κ1) is 15.8. The maximum Gasteiger partial charge on any atom is 0.199 e. The Labute approximate surface area is 137 Å². The minimum Gasteiger partial charge on any atom is -0.465 e. The number of carbonyl (C=O) groups is 1. The van der Waals surface area contributed by atoms with Gasteiger partial charge >= 0.3 is 0 Å². The molecule has 0 saturated carbocycles. The number of Topliss-reactive ketones (excluding diaryl/α,β-unsaturated/α-hetero) is 1. The number of ether oxygens (including phenoxy) is 2. The molecule has 0 aliphatic carbocycles. The van der Waals surface area contributed by atoms with Crippen LogP contribution in [0.2, 0.25) is 0 Å². The summed E-state index contributed by atoms with van der Waals surface area (Å²) in [4.78, 5) is 12.6. The van der Waals surface area contributed by atoms with Crippen LogP contribution in [0.25, 0.3) is 0 Å². The summed E-state index contributed by atoms with van der Waals surface area (Å²) in [5.74, 6) is 0.724. The normalized spacial score (nSPS) is 19.1. The number of hydrogen-bond donors (Lipinski definition) is 0. The molecule has 0 bridgehead atoms. The first-order valence-electron chi connectivity index (χ1n) is 8.21. The van der Waals surface area contributed by atoms with Crippen LogP contribution in [0.1, 0.15) is 48.0 Å². The van der Waals surface area contributed by atoms with E-state index in [-0.39, 0.29) is 18.0 Å². The molecular weight excluding hydrogens is 288 g/mol. The van der Waals surface area contributed by atoms with Gasteiger partial charge in [0.2, 0.25) is 0 Å². The van der Waals surface area contributed by atoms with Crippen molar-refractivity contribution < 1.29 is 14.3 Å². The first-order valence-corrected chi connectivity index (χ1v) is 8.21. The summed E-state index contributed by atoms with van der Waals surface area (Å²) in [6, 6.07) is 17.2. The highest BCUT2D eigenvalue weighted by molar-refractivity contribution is 6.00. The molecule has 2 atom stereocenters. The molecule has 3 rings (SSSR count). The highest BCUT2D eigenvalue weighted by Gasteiger charge is 2.18. The third kappa shape index (κ3) is 3.99. The zero-order valence-electron chi connectivity index (χ0n) is 13.4. The third-order valence-electron chi connectivity index (χ3n) is 4.24. The van der Waals surface area contributed by atoms with Crippen LogP contribution in [0, 0.1) is 0 Å². The molecule has 23 heavy (non-hydrogen) atoms. The predicted octanol–water partition coefficient (Wildman–Crippen LogP) is 4.58. The topological polar surface area (TPSA) is 35.5 Å². The summed E-state index contributed by atoms with van der Waals surface area (Å²) in [7, 11) is 0. The van der Waals surface area contributed by atoms with Crippen molar-refractivity contribution in [3.8, 4) is 5.75 Å². The van der Waals surface area contributed by atoms with Crippen LogP contribution in [-0.4, -0.2) is 18.7 Å². The van der Waals surface area contributed by atoms with E-state index in [1.807, 2.05) is 61.5 Å². The maximum absolute atomic E-state index is 12.6. The molecule has 3 heteroatoms. The fourth-order valence-electron chi connectivity index (χ4n) is 2.80. The quantitative estimate of drug-likeness (QED) is 0.758. The molecular formula is C20H22O3. The Morgan fingerprint density at radius 1 is 1.09 bits per heavy atom. The fraction of sp³-hybridized carbons (Fsp3) is 0.350. The van der Waals surface area contributed by atoms with Gasteiger partial charge in [0.1, 0.15) is 5.75 Å². The lowest BCUT2D eigenvalue weighted by Crippen LogP contribution is -2.24. The van der Waals surface area contributed by atoms with Gasteiger partial charge in [0.05, 0.1) is 6.61 Å². The van der Waals surface area contributed by atoms with E-state index in [2.05, 4.69) is 0 Å². The molecule has 2 unspecified atom stereocenters. The maximum atomic E-state index is 12.6. The number of hydrogen-bond acceptors (Lipinski definition) is 3. The number of ketones is 1. The number of carbonyl (C=O) groups excluding carboxylic acids is 1. The summed E-state index contributed by atoms with van der Waals surface area (Å²) in [5, 5.41) is 0. The van der Waals surface area contributed by atoms with Crippen LogP contribution in [0.15, 0.2) is 54.6 Å². The Hall–Kier alpha value is -2.13. The van der Waals surface area contributed by atoms with E-state index in [1.165, 1.54) is 0 Å². The van der Waals surface area contributed by atoms with Gasteiger partial charge in [0.15, 0.2) is 12.1 Å². The monoisotopic (exact) mass is 310 g/mol. The van der Waals surface area contributed by atoms with E-state index >= 15 is 0 Å². The van der Waals surface area contributed by atoms with Gasteiger partial charge in [-0.05, 0) is 42.7 Å². The minimum atomic E-state index is -0.159. The van der Waals surface area contributed by atoms with Crippen molar-refractivity contribution in [1.29, 1.82) is 0 Å². The van der Waals surface area contributed by atoms with Gasteiger partial charge in [-0.25, -0.2) is 0 Å². The van der Waals surface area contributed by atoms with E-state index in [0.717, 1.165) is 37.2 Å². The molecule has 1 saturated heterocycles. The average Bonchev–Trinajstić information content (AvgIpc) is 2.63. The Morgan fingerprint density at radius 3 is 2.48 bits per heavy atom. The Morgan fingerprint density at radius 2 is 1.83 bits per heavy atom. The van der Waals surface area contributed by atoms with Crippen molar-refractivity contribution >= 4 is 5.78 Å².